The number of hydrogen-bond donors (Lipinski definition) is 2. The first kappa shape index (κ1) is 17.9. The van der Waals surface area contributed by atoms with Gasteiger partial charge in [0.1, 0.15) is 6.54 Å². The van der Waals surface area contributed by atoms with Crippen LogP contribution < -0.4 is 20.1 Å². The van der Waals surface area contributed by atoms with Crippen LogP contribution in [0.5, 0.6) is 0 Å². The van der Waals surface area contributed by atoms with E-state index in [-0.39, 0.29) is 11.9 Å². The largest absolute Gasteiger partial charge is 0.378 e. The summed E-state index contributed by atoms with van der Waals surface area (Å²) in [4.78, 5) is 19.6. The number of rotatable bonds is 5. The van der Waals surface area contributed by atoms with Crippen LogP contribution in [0.4, 0.5) is 5.69 Å². The molecule has 2 saturated heterocycles. The first-order valence-corrected chi connectivity index (χ1v) is 9.81. The summed E-state index contributed by atoms with van der Waals surface area (Å²) in [5, 5.41) is 3.21. The fraction of sp³-hybridized carbons (Fsp3) is 0.429. The lowest BCUT2D eigenvalue weighted by molar-refractivity contribution is -0.901. The summed E-state index contributed by atoms with van der Waals surface area (Å²) in [6.45, 7) is 6.30. The number of aromatic nitrogens is 1. The number of ether oxygens (including phenoxy) is 1. The zero-order valence-electron chi connectivity index (χ0n) is 15.6. The summed E-state index contributed by atoms with van der Waals surface area (Å²) in [7, 11) is 0. The van der Waals surface area contributed by atoms with Gasteiger partial charge in [0.15, 0.2) is 6.20 Å². The molecular weight excluding hydrogens is 340 g/mol. The molecule has 0 radical (unpaired) electrons. The SMILES string of the molecule is O=C(N[C@@H]1CC[NH+](Cc2ccccc2)C1)c1cc(N2CCOCC2)cc[nH+]1. The Labute approximate surface area is 160 Å². The molecule has 0 bridgehead atoms. The molecule has 1 amide bonds. The highest BCUT2D eigenvalue weighted by Gasteiger charge is 2.29. The van der Waals surface area contributed by atoms with Crippen molar-refractivity contribution in [1.29, 1.82) is 0 Å². The zero-order chi connectivity index (χ0) is 18.5. The number of morpholine rings is 1. The van der Waals surface area contributed by atoms with Crippen molar-refractivity contribution >= 4 is 11.6 Å². The van der Waals surface area contributed by atoms with Crippen molar-refractivity contribution in [3.63, 3.8) is 0 Å². The van der Waals surface area contributed by atoms with E-state index in [0.29, 0.717) is 5.69 Å². The number of carbonyl (C=O) groups excluding carboxylic acids is 1. The molecular formula is C21H28N4O2+2. The summed E-state index contributed by atoms with van der Waals surface area (Å²) in [5.41, 5.74) is 3.05. The number of anilines is 1. The average Bonchev–Trinajstić information content (AvgIpc) is 3.16. The number of hydrogen-bond acceptors (Lipinski definition) is 3. The standard InChI is InChI=1S/C21H26N4O2/c26-21(20-14-19(6-8-22-20)25-10-12-27-13-11-25)23-18-7-9-24(16-18)15-17-4-2-1-3-5-17/h1-6,8,14,18H,7,9-13,15-16H2,(H,23,26)/p+2/t18-/m1/s1. The van der Waals surface area contributed by atoms with Crippen LogP contribution in [0.3, 0.4) is 0 Å². The number of pyridine rings is 1. The highest BCUT2D eigenvalue weighted by Crippen LogP contribution is 2.15. The van der Waals surface area contributed by atoms with Crippen LogP contribution in [0.1, 0.15) is 22.5 Å². The number of nitrogens with zero attached hydrogens (tertiary/aromatic N) is 1. The maximum absolute atomic E-state index is 12.7. The molecule has 0 spiro atoms. The van der Waals surface area contributed by atoms with Gasteiger partial charge in [-0.1, -0.05) is 30.3 Å². The Morgan fingerprint density at radius 1 is 1.22 bits per heavy atom. The Kier molecular flexibility index (Phi) is 5.65. The smallest absolute Gasteiger partial charge is 0.316 e. The van der Waals surface area contributed by atoms with Gasteiger partial charge in [-0.3, -0.25) is 4.79 Å². The summed E-state index contributed by atoms with van der Waals surface area (Å²) in [5.74, 6) is -0.0175. The molecule has 3 N–H and O–H groups in total. The van der Waals surface area contributed by atoms with E-state index < -0.39 is 0 Å². The van der Waals surface area contributed by atoms with E-state index in [1.54, 1.807) is 0 Å². The normalized spacial score (nSPS) is 22.6. The van der Waals surface area contributed by atoms with Crippen molar-refractivity contribution in [2.45, 2.75) is 19.0 Å². The molecule has 27 heavy (non-hydrogen) atoms. The maximum Gasteiger partial charge on any atom is 0.316 e. The molecule has 6 nitrogen and oxygen atoms in total. The molecule has 6 heteroatoms. The van der Waals surface area contributed by atoms with E-state index in [0.717, 1.165) is 58.0 Å². The van der Waals surface area contributed by atoms with Gasteiger partial charge in [-0.05, 0) is 0 Å². The van der Waals surface area contributed by atoms with Crippen LogP contribution in [0.2, 0.25) is 0 Å². The summed E-state index contributed by atoms with van der Waals surface area (Å²) in [6, 6.07) is 14.8. The predicted molar refractivity (Wildman–Crippen MR) is 103 cm³/mol. The molecule has 1 aromatic heterocycles. The van der Waals surface area contributed by atoms with E-state index in [1.807, 2.05) is 24.4 Å². The van der Waals surface area contributed by atoms with Crippen molar-refractivity contribution in [2.75, 3.05) is 44.3 Å². The quantitative estimate of drug-likeness (QED) is 0.777. The molecule has 2 aliphatic heterocycles. The summed E-state index contributed by atoms with van der Waals surface area (Å²) >= 11 is 0. The minimum atomic E-state index is -0.0175. The third-order valence-corrected chi connectivity index (χ3v) is 5.42. The topological polar surface area (TPSA) is 60.2 Å². The summed E-state index contributed by atoms with van der Waals surface area (Å²) < 4.78 is 5.41. The van der Waals surface area contributed by atoms with Gasteiger partial charge in [-0.15, -0.1) is 0 Å². The lowest BCUT2D eigenvalue weighted by atomic mass is 10.2. The molecule has 2 aromatic rings. The van der Waals surface area contributed by atoms with Gasteiger partial charge in [0.2, 0.25) is 0 Å². The first-order chi connectivity index (χ1) is 13.3. The Bertz CT molecular complexity index is 762. The fourth-order valence-electron chi connectivity index (χ4n) is 3.97. The average molecular weight is 368 g/mol. The second kappa shape index (κ2) is 8.50. The summed E-state index contributed by atoms with van der Waals surface area (Å²) in [6.07, 6.45) is 2.87. The molecule has 1 unspecified atom stereocenters. The van der Waals surface area contributed by atoms with Gasteiger partial charge >= 0.3 is 5.91 Å². The van der Waals surface area contributed by atoms with Crippen LogP contribution in [-0.2, 0) is 11.3 Å². The van der Waals surface area contributed by atoms with Crippen molar-refractivity contribution in [3.8, 4) is 0 Å². The molecule has 2 atom stereocenters. The number of likely N-dealkylation sites (tertiary alicyclic amines) is 1. The number of quaternary nitrogens is 1. The van der Waals surface area contributed by atoms with Crippen molar-refractivity contribution in [2.24, 2.45) is 0 Å². The predicted octanol–water partition coefficient (Wildman–Crippen LogP) is -0.0755. The van der Waals surface area contributed by atoms with Gasteiger partial charge in [0.25, 0.3) is 5.69 Å². The monoisotopic (exact) mass is 368 g/mol. The highest BCUT2D eigenvalue weighted by molar-refractivity contribution is 5.91. The van der Waals surface area contributed by atoms with Crippen LogP contribution in [0, 0.1) is 0 Å². The number of amides is 1. The van der Waals surface area contributed by atoms with E-state index in [9.17, 15) is 4.79 Å². The third kappa shape index (κ3) is 4.64. The maximum atomic E-state index is 12.7. The number of benzene rings is 1. The number of aromatic amines is 1. The van der Waals surface area contributed by atoms with Gasteiger partial charge in [-0.25, -0.2) is 4.98 Å². The zero-order valence-corrected chi connectivity index (χ0v) is 15.6. The van der Waals surface area contributed by atoms with E-state index >= 15 is 0 Å². The van der Waals surface area contributed by atoms with Gasteiger partial charge in [0.05, 0.1) is 32.3 Å². The lowest BCUT2D eigenvalue weighted by Crippen LogP contribution is -3.09. The van der Waals surface area contributed by atoms with Crippen LogP contribution in [0.15, 0.2) is 48.7 Å². The molecule has 3 heterocycles. The van der Waals surface area contributed by atoms with Crippen LogP contribution in [-0.4, -0.2) is 51.3 Å². The Hall–Kier alpha value is -2.44. The Morgan fingerprint density at radius 3 is 2.85 bits per heavy atom. The second-order valence-corrected chi connectivity index (χ2v) is 7.39. The fourth-order valence-corrected chi connectivity index (χ4v) is 3.97. The minimum Gasteiger partial charge on any atom is -0.378 e. The highest BCUT2D eigenvalue weighted by atomic mass is 16.5. The van der Waals surface area contributed by atoms with Crippen LogP contribution >= 0.6 is 0 Å². The number of nitrogens with one attached hydrogen (secondary N) is 3. The number of H-pyrrole nitrogens is 1. The van der Waals surface area contributed by atoms with E-state index in [4.69, 9.17) is 4.74 Å². The first-order valence-electron chi connectivity index (χ1n) is 9.81. The van der Waals surface area contributed by atoms with Crippen molar-refractivity contribution < 1.29 is 19.4 Å². The molecule has 0 saturated carbocycles. The lowest BCUT2D eigenvalue weighted by Gasteiger charge is -2.28. The molecule has 2 aliphatic rings. The van der Waals surface area contributed by atoms with Gasteiger partial charge < -0.3 is 19.9 Å². The Balaban J connectivity index is 1.33. The van der Waals surface area contributed by atoms with E-state index in [2.05, 4.69) is 39.5 Å². The van der Waals surface area contributed by atoms with Gasteiger partial charge in [-0.2, -0.15) is 0 Å². The molecule has 1 aromatic carbocycles. The molecule has 2 fully saturated rings. The number of carbonyl (C=O) groups is 1. The molecule has 142 valence electrons. The molecule has 4 rings (SSSR count). The van der Waals surface area contributed by atoms with E-state index in [1.165, 1.54) is 10.5 Å². The van der Waals surface area contributed by atoms with Crippen molar-refractivity contribution in [1.82, 2.24) is 5.32 Å². The second-order valence-electron chi connectivity index (χ2n) is 7.39. The molecule has 0 aliphatic carbocycles. The van der Waals surface area contributed by atoms with Crippen LogP contribution in [0.25, 0.3) is 0 Å². The Morgan fingerprint density at radius 2 is 2.04 bits per heavy atom. The third-order valence-electron chi connectivity index (χ3n) is 5.42. The van der Waals surface area contributed by atoms with Gasteiger partial charge in [0, 0.05) is 42.9 Å². The minimum absolute atomic E-state index is 0.0175. The van der Waals surface area contributed by atoms with Crippen molar-refractivity contribution in [3.05, 3.63) is 59.9 Å².